The van der Waals surface area contributed by atoms with Crippen molar-refractivity contribution in [2.24, 2.45) is 0 Å². The van der Waals surface area contributed by atoms with Crippen LogP contribution in [0.25, 0.3) is 0 Å². The van der Waals surface area contributed by atoms with E-state index in [1.807, 2.05) is 11.2 Å². The molecule has 0 aliphatic heterocycles. The van der Waals surface area contributed by atoms with E-state index < -0.39 is 27.5 Å². The highest BCUT2D eigenvalue weighted by molar-refractivity contribution is 7.98. The molecular weight excluding hydrogens is 412 g/mol. The molecule has 30 heavy (non-hydrogen) atoms. The molecule has 2 rings (SSSR count). The van der Waals surface area contributed by atoms with Crippen LogP contribution in [0.2, 0.25) is 0 Å². The van der Waals surface area contributed by atoms with Crippen LogP contribution in [0.1, 0.15) is 38.5 Å². The van der Waals surface area contributed by atoms with Crippen molar-refractivity contribution in [1.82, 2.24) is 0 Å². The minimum absolute atomic E-state index is 0.0692. The molecule has 166 valence electrons. The number of anilines is 2. The summed E-state index contributed by atoms with van der Waals surface area (Å²) in [4.78, 5) is 36.0. The summed E-state index contributed by atoms with van der Waals surface area (Å²) < 4.78 is 4.82. The third-order valence-corrected chi connectivity index (χ3v) is 6.06. The molecule has 0 aromatic heterocycles. The fourth-order valence-electron chi connectivity index (χ4n) is 3.74. The summed E-state index contributed by atoms with van der Waals surface area (Å²) in [6.45, 7) is 0. The zero-order chi connectivity index (χ0) is 22.3. The van der Waals surface area contributed by atoms with E-state index in [1.165, 1.54) is 24.9 Å². The van der Waals surface area contributed by atoms with Crippen LogP contribution in [0.15, 0.2) is 12.1 Å². The van der Waals surface area contributed by atoms with Gasteiger partial charge in [-0.2, -0.15) is 11.8 Å². The first-order valence-electron chi connectivity index (χ1n) is 9.83. The normalized spacial score (nSPS) is 15.3. The third kappa shape index (κ3) is 5.74. The highest BCUT2D eigenvalue weighted by atomic mass is 32.2. The number of carbonyl (C=O) groups excluding carboxylic acids is 1. The van der Waals surface area contributed by atoms with Gasteiger partial charge in [-0.25, -0.2) is 4.79 Å². The fourth-order valence-corrected chi connectivity index (χ4v) is 4.21. The third-order valence-electron chi connectivity index (χ3n) is 5.41. The van der Waals surface area contributed by atoms with Crippen LogP contribution in [0.3, 0.4) is 0 Å². The van der Waals surface area contributed by atoms with Gasteiger partial charge in [-0.3, -0.25) is 20.2 Å². The van der Waals surface area contributed by atoms with E-state index in [0.29, 0.717) is 17.9 Å². The Morgan fingerprint density at radius 3 is 2.40 bits per heavy atom. The number of hydrogen-bond donors (Lipinski definition) is 1. The Balaban J connectivity index is 2.50. The van der Waals surface area contributed by atoms with Crippen molar-refractivity contribution in [3.05, 3.63) is 32.4 Å². The number of esters is 1. The smallest absolute Gasteiger partial charge is 0.328 e. The average molecular weight is 441 g/mol. The molecule has 0 saturated heterocycles. The van der Waals surface area contributed by atoms with Crippen LogP contribution < -0.4 is 10.2 Å². The van der Waals surface area contributed by atoms with E-state index in [9.17, 15) is 25.0 Å². The highest BCUT2D eigenvalue weighted by Gasteiger charge is 2.31. The molecule has 1 N–H and O–H groups in total. The summed E-state index contributed by atoms with van der Waals surface area (Å²) in [5.41, 5.74) is -0.396. The molecule has 1 saturated carbocycles. The molecular formula is C19H28N4O6S. The predicted molar refractivity (Wildman–Crippen MR) is 117 cm³/mol. The predicted octanol–water partition coefficient (Wildman–Crippen LogP) is 3.98. The maximum Gasteiger partial charge on any atom is 0.328 e. The fraction of sp³-hybridized carbons (Fsp3) is 0.632. The van der Waals surface area contributed by atoms with Crippen molar-refractivity contribution < 1.29 is 19.4 Å². The molecule has 0 heterocycles. The molecule has 1 aliphatic carbocycles. The maximum absolute atomic E-state index is 12.2. The second-order valence-electron chi connectivity index (χ2n) is 7.28. The lowest BCUT2D eigenvalue weighted by atomic mass is 9.94. The van der Waals surface area contributed by atoms with Crippen molar-refractivity contribution >= 4 is 40.5 Å². The van der Waals surface area contributed by atoms with Crippen molar-refractivity contribution in [3.63, 3.8) is 0 Å². The Bertz CT molecular complexity index is 785. The Hall–Kier alpha value is -2.56. The van der Waals surface area contributed by atoms with Gasteiger partial charge in [-0.1, -0.05) is 19.3 Å². The van der Waals surface area contributed by atoms with Gasteiger partial charge in [0.05, 0.1) is 23.0 Å². The molecule has 0 bridgehead atoms. The molecule has 1 aromatic carbocycles. The van der Waals surface area contributed by atoms with Crippen LogP contribution in [0.4, 0.5) is 22.7 Å². The van der Waals surface area contributed by atoms with Gasteiger partial charge in [-0.15, -0.1) is 0 Å². The average Bonchev–Trinajstić information content (AvgIpc) is 2.75. The van der Waals surface area contributed by atoms with E-state index in [-0.39, 0.29) is 17.4 Å². The number of nitrogens with one attached hydrogen (secondary N) is 1. The van der Waals surface area contributed by atoms with Gasteiger partial charge >= 0.3 is 5.97 Å². The minimum Gasteiger partial charge on any atom is -0.467 e. The number of methoxy groups -OCH3 is 1. The Kier molecular flexibility index (Phi) is 8.70. The molecule has 1 atom stereocenters. The summed E-state index contributed by atoms with van der Waals surface area (Å²) in [7, 11) is 3.03. The van der Waals surface area contributed by atoms with Gasteiger partial charge < -0.3 is 15.0 Å². The highest BCUT2D eigenvalue weighted by Crippen LogP contribution is 2.40. The zero-order valence-corrected chi connectivity index (χ0v) is 18.3. The number of rotatable bonds is 10. The first kappa shape index (κ1) is 23.7. The molecule has 1 unspecified atom stereocenters. The van der Waals surface area contributed by atoms with E-state index in [0.717, 1.165) is 38.2 Å². The van der Waals surface area contributed by atoms with E-state index in [4.69, 9.17) is 4.74 Å². The SMILES string of the molecule is COC(=O)C(CCSC)Nc1cc(N(C)C2CCCCC2)c([N+](=O)[O-])cc1[N+](=O)[O-]. The van der Waals surface area contributed by atoms with Crippen LogP contribution >= 0.6 is 11.8 Å². The largest absolute Gasteiger partial charge is 0.467 e. The number of nitro groups is 2. The number of nitro benzene ring substituents is 2. The molecule has 1 aromatic rings. The maximum atomic E-state index is 12.2. The number of thioether (sulfide) groups is 1. The van der Waals surface area contributed by atoms with Crippen molar-refractivity contribution in [1.29, 1.82) is 0 Å². The van der Waals surface area contributed by atoms with Crippen molar-refractivity contribution in [2.75, 3.05) is 36.4 Å². The minimum atomic E-state index is -0.796. The van der Waals surface area contributed by atoms with E-state index >= 15 is 0 Å². The Labute approximate surface area is 179 Å². The summed E-state index contributed by atoms with van der Waals surface area (Å²) in [5, 5.41) is 26.2. The van der Waals surface area contributed by atoms with Crippen LogP contribution in [-0.4, -0.2) is 54.1 Å². The Morgan fingerprint density at radius 2 is 1.87 bits per heavy atom. The molecule has 0 radical (unpaired) electrons. The number of hydrogen-bond acceptors (Lipinski definition) is 9. The molecule has 11 heteroatoms. The second-order valence-corrected chi connectivity index (χ2v) is 8.26. The van der Waals surface area contributed by atoms with E-state index in [1.54, 1.807) is 7.05 Å². The van der Waals surface area contributed by atoms with Crippen LogP contribution in [0, 0.1) is 20.2 Å². The standard InChI is InChI=1S/C19H28N4O6S/c1-21(13-7-5-4-6-8-13)17-11-15(16(22(25)26)12-18(17)23(27)28)20-14(9-10-30-3)19(24)29-2/h11-14,20H,4-10H2,1-3H3. The lowest BCUT2D eigenvalue weighted by Gasteiger charge is -2.32. The summed E-state index contributed by atoms with van der Waals surface area (Å²) >= 11 is 1.53. The van der Waals surface area contributed by atoms with Crippen molar-refractivity contribution in [3.8, 4) is 0 Å². The monoisotopic (exact) mass is 440 g/mol. The van der Waals surface area contributed by atoms with Crippen LogP contribution in [-0.2, 0) is 9.53 Å². The van der Waals surface area contributed by atoms with Gasteiger partial charge in [0, 0.05) is 13.1 Å². The lowest BCUT2D eigenvalue weighted by molar-refractivity contribution is -0.393. The lowest BCUT2D eigenvalue weighted by Crippen LogP contribution is -2.34. The first-order valence-corrected chi connectivity index (χ1v) is 11.2. The molecule has 10 nitrogen and oxygen atoms in total. The quantitative estimate of drug-likeness (QED) is 0.326. The van der Waals surface area contributed by atoms with Gasteiger partial charge in [0.2, 0.25) is 0 Å². The Morgan fingerprint density at radius 1 is 1.23 bits per heavy atom. The molecule has 0 spiro atoms. The number of ether oxygens (including phenoxy) is 1. The topological polar surface area (TPSA) is 128 Å². The number of benzene rings is 1. The molecule has 1 fully saturated rings. The van der Waals surface area contributed by atoms with Gasteiger partial charge in [0.25, 0.3) is 11.4 Å². The second kappa shape index (κ2) is 11.0. The van der Waals surface area contributed by atoms with Gasteiger partial charge in [-0.05, 0) is 37.3 Å². The molecule has 0 amide bonds. The van der Waals surface area contributed by atoms with Gasteiger partial charge in [0.1, 0.15) is 17.4 Å². The van der Waals surface area contributed by atoms with Gasteiger partial charge in [0.15, 0.2) is 0 Å². The van der Waals surface area contributed by atoms with Crippen molar-refractivity contribution in [2.45, 2.75) is 50.6 Å². The number of carbonyl (C=O) groups is 1. The van der Waals surface area contributed by atoms with E-state index in [2.05, 4.69) is 5.32 Å². The zero-order valence-electron chi connectivity index (χ0n) is 17.5. The summed E-state index contributed by atoms with van der Waals surface area (Å²) in [6.07, 6.45) is 7.32. The first-order chi connectivity index (χ1) is 14.3. The van der Waals surface area contributed by atoms with Crippen LogP contribution in [0.5, 0.6) is 0 Å². The summed E-state index contributed by atoms with van der Waals surface area (Å²) in [5.74, 6) is 0.0986. The number of nitrogens with zero attached hydrogens (tertiary/aromatic N) is 3. The summed E-state index contributed by atoms with van der Waals surface area (Å²) in [6, 6.07) is 1.72. The molecule has 1 aliphatic rings.